The normalized spacial score (nSPS) is 13.6. The minimum absolute atomic E-state index is 0.0765. The quantitative estimate of drug-likeness (QED) is 0.0642. The molecule has 0 saturated heterocycles. The van der Waals surface area contributed by atoms with Crippen LogP contribution in [0.15, 0.2) is 24.3 Å². The number of aliphatic hydroxyl groups is 2. The van der Waals surface area contributed by atoms with E-state index in [9.17, 15) is 15.0 Å². The van der Waals surface area contributed by atoms with Gasteiger partial charge in [0.25, 0.3) is 0 Å². The Bertz CT molecular complexity index is 572. The highest BCUT2D eigenvalue weighted by atomic mass is 16.3. The molecule has 0 saturated carbocycles. The number of amides is 1. The van der Waals surface area contributed by atoms with Crippen LogP contribution in [0.2, 0.25) is 0 Å². The smallest absolute Gasteiger partial charge is 0.220 e. The summed E-state index contributed by atoms with van der Waals surface area (Å²) in [7, 11) is 0. The Kier molecular flexibility index (Phi) is 29.0. The van der Waals surface area contributed by atoms with Crippen molar-refractivity contribution in [2.24, 2.45) is 5.92 Å². The first-order chi connectivity index (χ1) is 19.0. The van der Waals surface area contributed by atoms with Gasteiger partial charge < -0.3 is 15.5 Å². The van der Waals surface area contributed by atoms with E-state index in [0.29, 0.717) is 6.42 Å². The van der Waals surface area contributed by atoms with Crippen molar-refractivity contribution in [3.63, 3.8) is 0 Å². The summed E-state index contributed by atoms with van der Waals surface area (Å²) in [5.74, 6) is 0.752. The lowest BCUT2D eigenvalue weighted by molar-refractivity contribution is -0.123. The van der Waals surface area contributed by atoms with Crippen LogP contribution in [-0.2, 0) is 4.79 Å². The maximum Gasteiger partial charge on any atom is 0.220 e. The molecule has 4 nitrogen and oxygen atoms in total. The van der Waals surface area contributed by atoms with E-state index in [2.05, 4.69) is 38.2 Å². The molecule has 230 valence electrons. The molecule has 0 aromatic carbocycles. The summed E-state index contributed by atoms with van der Waals surface area (Å²) in [5, 5.41) is 22.8. The zero-order chi connectivity index (χ0) is 28.8. The lowest BCUT2D eigenvalue weighted by Gasteiger charge is -2.19. The van der Waals surface area contributed by atoms with Gasteiger partial charge in [-0.15, -0.1) is 0 Å². The van der Waals surface area contributed by atoms with Gasteiger partial charge >= 0.3 is 0 Å². The van der Waals surface area contributed by atoms with E-state index in [4.69, 9.17) is 0 Å². The first-order valence-corrected chi connectivity index (χ1v) is 16.9. The van der Waals surface area contributed by atoms with Crippen LogP contribution < -0.4 is 5.32 Å². The van der Waals surface area contributed by atoms with Gasteiger partial charge in [0.2, 0.25) is 5.91 Å². The Morgan fingerprint density at radius 3 is 1.72 bits per heavy atom. The second-order valence-corrected chi connectivity index (χ2v) is 12.1. The van der Waals surface area contributed by atoms with Gasteiger partial charge in [-0.2, -0.15) is 0 Å². The van der Waals surface area contributed by atoms with Crippen molar-refractivity contribution in [1.29, 1.82) is 0 Å². The fourth-order valence-electron chi connectivity index (χ4n) is 4.96. The summed E-state index contributed by atoms with van der Waals surface area (Å²) in [4.78, 5) is 12.3. The average Bonchev–Trinajstić information content (AvgIpc) is 2.92. The topological polar surface area (TPSA) is 69.6 Å². The lowest BCUT2D eigenvalue weighted by atomic mass is 10.0. The van der Waals surface area contributed by atoms with Crippen LogP contribution in [-0.4, -0.2) is 34.9 Å². The second-order valence-electron chi connectivity index (χ2n) is 12.1. The zero-order valence-corrected chi connectivity index (χ0v) is 26.3. The Labute approximate surface area is 243 Å². The van der Waals surface area contributed by atoms with E-state index in [1.54, 1.807) is 6.08 Å². The molecule has 0 aromatic heterocycles. The Morgan fingerprint density at radius 2 is 1.15 bits per heavy atom. The molecule has 0 heterocycles. The van der Waals surface area contributed by atoms with E-state index in [1.165, 1.54) is 109 Å². The molecule has 0 aliphatic heterocycles. The van der Waals surface area contributed by atoms with E-state index in [1.807, 2.05) is 6.08 Å². The first-order valence-electron chi connectivity index (χ1n) is 16.9. The summed E-state index contributed by atoms with van der Waals surface area (Å²) >= 11 is 0. The lowest BCUT2D eigenvalue weighted by Crippen LogP contribution is -2.45. The maximum absolute atomic E-state index is 12.3. The number of allylic oxidation sites excluding steroid dienone is 3. The molecule has 0 aromatic rings. The van der Waals surface area contributed by atoms with E-state index in [-0.39, 0.29) is 12.5 Å². The third-order valence-corrected chi connectivity index (χ3v) is 7.61. The molecule has 0 rings (SSSR count). The monoisotopic (exact) mass is 550 g/mol. The minimum Gasteiger partial charge on any atom is -0.394 e. The molecule has 0 fully saturated rings. The molecular weight excluding hydrogens is 482 g/mol. The van der Waals surface area contributed by atoms with Gasteiger partial charge in [-0.3, -0.25) is 4.79 Å². The first kappa shape index (κ1) is 37.9. The highest BCUT2D eigenvalue weighted by Crippen LogP contribution is 2.14. The van der Waals surface area contributed by atoms with Crippen LogP contribution in [0.25, 0.3) is 0 Å². The van der Waals surface area contributed by atoms with Crippen LogP contribution in [0.4, 0.5) is 0 Å². The Morgan fingerprint density at radius 1 is 0.667 bits per heavy atom. The molecule has 0 bridgehead atoms. The number of carbonyl (C=O) groups excluding carboxylic acids is 1. The van der Waals surface area contributed by atoms with Crippen LogP contribution in [0, 0.1) is 5.92 Å². The third kappa shape index (κ3) is 28.2. The number of aliphatic hydroxyl groups excluding tert-OH is 2. The number of nitrogens with one attached hydrogen (secondary N) is 1. The second kappa shape index (κ2) is 29.8. The predicted molar refractivity (Wildman–Crippen MR) is 170 cm³/mol. The van der Waals surface area contributed by atoms with Crippen LogP contribution in [0.1, 0.15) is 168 Å². The van der Waals surface area contributed by atoms with E-state index < -0.39 is 12.1 Å². The molecule has 39 heavy (non-hydrogen) atoms. The van der Waals surface area contributed by atoms with Gasteiger partial charge in [0, 0.05) is 6.42 Å². The van der Waals surface area contributed by atoms with Crippen molar-refractivity contribution in [2.45, 2.75) is 181 Å². The minimum atomic E-state index is -0.856. The average molecular weight is 550 g/mol. The molecule has 2 atom stereocenters. The summed E-state index contributed by atoms with van der Waals surface area (Å²) in [6.07, 6.45) is 35.4. The molecular formula is C35H67NO3. The molecule has 0 aliphatic rings. The van der Waals surface area contributed by atoms with Crippen LogP contribution in [0.3, 0.4) is 0 Å². The summed E-state index contributed by atoms with van der Waals surface area (Å²) in [6, 6.07) is -0.633. The molecule has 0 radical (unpaired) electrons. The van der Waals surface area contributed by atoms with Crippen LogP contribution >= 0.6 is 0 Å². The Hall–Kier alpha value is -1.13. The molecule has 1 amide bonds. The van der Waals surface area contributed by atoms with E-state index >= 15 is 0 Å². The van der Waals surface area contributed by atoms with Crippen molar-refractivity contribution < 1.29 is 15.0 Å². The summed E-state index contributed by atoms with van der Waals surface area (Å²) < 4.78 is 0. The molecule has 4 heteroatoms. The number of carbonyl (C=O) groups is 1. The highest BCUT2D eigenvalue weighted by molar-refractivity contribution is 5.76. The van der Waals surface area contributed by atoms with Gasteiger partial charge in [-0.25, -0.2) is 0 Å². The number of hydrogen-bond acceptors (Lipinski definition) is 3. The number of hydrogen-bond donors (Lipinski definition) is 3. The number of rotatable bonds is 29. The van der Waals surface area contributed by atoms with Crippen molar-refractivity contribution in [1.82, 2.24) is 5.32 Å². The van der Waals surface area contributed by atoms with Crippen molar-refractivity contribution in [3.8, 4) is 0 Å². The highest BCUT2D eigenvalue weighted by Gasteiger charge is 2.17. The fraction of sp³-hybridized carbons (Fsp3) is 0.857. The van der Waals surface area contributed by atoms with Gasteiger partial charge in [0.1, 0.15) is 0 Å². The third-order valence-electron chi connectivity index (χ3n) is 7.61. The fourth-order valence-corrected chi connectivity index (χ4v) is 4.96. The molecule has 0 unspecified atom stereocenters. The summed E-state index contributed by atoms with van der Waals surface area (Å²) in [5.41, 5.74) is 0. The molecule has 0 spiro atoms. The van der Waals surface area contributed by atoms with E-state index in [0.717, 1.165) is 38.0 Å². The van der Waals surface area contributed by atoms with Crippen molar-refractivity contribution >= 4 is 5.91 Å². The largest absolute Gasteiger partial charge is 0.394 e. The van der Waals surface area contributed by atoms with Gasteiger partial charge in [0.15, 0.2) is 0 Å². The zero-order valence-electron chi connectivity index (χ0n) is 26.3. The maximum atomic E-state index is 12.3. The van der Waals surface area contributed by atoms with Crippen molar-refractivity contribution in [3.05, 3.63) is 24.3 Å². The molecule has 3 N–H and O–H groups in total. The Balaban J connectivity index is 3.70. The predicted octanol–water partition coefficient (Wildman–Crippen LogP) is 9.59. The standard InChI is InChI=1S/C35H67NO3/c1-4-5-6-7-8-9-10-11-15-18-21-24-27-30-35(39)36-33(31-37)34(38)29-26-23-20-17-14-12-13-16-19-22-25-28-32(2)3/h14,17,26,29,32-34,37-38H,4-13,15-16,18-25,27-28,30-31H2,1-3H3,(H,36,39)/b17-14+,29-26+/t33-,34+/m0/s1. The molecule has 0 aliphatic carbocycles. The SMILES string of the molecule is CCCCCCCCCCCCCCCC(=O)N[C@@H](CO)[C@H](O)/C=C/CC/C=C/CCCCCCCC(C)C. The van der Waals surface area contributed by atoms with Crippen molar-refractivity contribution in [2.75, 3.05) is 6.61 Å². The summed E-state index contributed by atoms with van der Waals surface area (Å²) in [6.45, 7) is 6.60. The van der Waals surface area contributed by atoms with Crippen LogP contribution in [0.5, 0.6) is 0 Å². The van der Waals surface area contributed by atoms with Gasteiger partial charge in [0.05, 0.1) is 18.8 Å². The number of unbranched alkanes of at least 4 members (excludes halogenated alkanes) is 18. The van der Waals surface area contributed by atoms with Gasteiger partial charge in [-0.05, 0) is 38.0 Å². The van der Waals surface area contributed by atoms with Gasteiger partial charge in [-0.1, -0.05) is 154 Å².